The molecule has 1 N–H and O–H groups in total. The van der Waals surface area contributed by atoms with E-state index in [0.717, 1.165) is 24.8 Å². The molecular formula is C15H26N4. The second-order valence-electron chi connectivity index (χ2n) is 6.69. The Morgan fingerprint density at radius 2 is 2.21 bits per heavy atom. The van der Waals surface area contributed by atoms with E-state index in [4.69, 9.17) is 0 Å². The summed E-state index contributed by atoms with van der Waals surface area (Å²) in [7, 11) is 2.02. The Kier molecular flexibility index (Phi) is 3.18. The van der Waals surface area contributed by atoms with Crippen molar-refractivity contribution >= 4 is 0 Å². The Morgan fingerprint density at radius 1 is 1.42 bits per heavy atom. The molecule has 2 aliphatic rings. The Labute approximate surface area is 116 Å². The van der Waals surface area contributed by atoms with Crippen LogP contribution in [0.15, 0.2) is 6.20 Å². The van der Waals surface area contributed by atoms with Crippen molar-refractivity contribution < 1.29 is 0 Å². The van der Waals surface area contributed by atoms with E-state index in [2.05, 4.69) is 42.3 Å². The van der Waals surface area contributed by atoms with Crippen LogP contribution in [0.1, 0.15) is 32.0 Å². The molecule has 0 amide bonds. The average molecular weight is 262 g/mol. The van der Waals surface area contributed by atoms with Crippen LogP contribution in [0.5, 0.6) is 0 Å². The van der Waals surface area contributed by atoms with Crippen LogP contribution in [-0.2, 0) is 20.0 Å². The summed E-state index contributed by atoms with van der Waals surface area (Å²) in [6.45, 7) is 11.7. The standard InChI is InChI=1S/C15H26N4/c1-5-14-12(8-18(4)17-14)10-19-9-11-6-16-7-13(11)15(19,2)3/h8,11,13,16H,5-7,9-10H2,1-4H3. The highest BCUT2D eigenvalue weighted by Gasteiger charge is 2.49. The van der Waals surface area contributed by atoms with Crippen molar-refractivity contribution in [2.45, 2.75) is 39.3 Å². The normalized spacial score (nSPS) is 29.9. The molecule has 19 heavy (non-hydrogen) atoms. The smallest absolute Gasteiger partial charge is 0.0666 e. The van der Waals surface area contributed by atoms with Gasteiger partial charge in [0.1, 0.15) is 0 Å². The first-order chi connectivity index (χ1) is 9.02. The van der Waals surface area contributed by atoms with Crippen LogP contribution >= 0.6 is 0 Å². The predicted molar refractivity (Wildman–Crippen MR) is 76.9 cm³/mol. The minimum Gasteiger partial charge on any atom is -0.316 e. The molecule has 3 rings (SSSR count). The van der Waals surface area contributed by atoms with Gasteiger partial charge in [0.25, 0.3) is 0 Å². The number of likely N-dealkylation sites (tertiary alicyclic amines) is 1. The van der Waals surface area contributed by atoms with E-state index in [9.17, 15) is 0 Å². The van der Waals surface area contributed by atoms with Gasteiger partial charge in [-0.2, -0.15) is 5.10 Å². The molecule has 0 aromatic carbocycles. The molecule has 2 aliphatic heterocycles. The molecule has 0 aliphatic carbocycles. The van der Waals surface area contributed by atoms with Crippen LogP contribution in [0.2, 0.25) is 0 Å². The van der Waals surface area contributed by atoms with E-state index in [1.165, 1.54) is 30.9 Å². The summed E-state index contributed by atoms with van der Waals surface area (Å²) in [6, 6.07) is 0. The quantitative estimate of drug-likeness (QED) is 0.894. The van der Waals surface area contributed by atoms with Gasteiger partial charge >= 0.3 is 0 Å². The largest absolute Gasteiger partial charge is 0.316 e. The second-order valence-corrected chi connectivity index (χ2v) is 6.69. The zero-order valence-corrected chi connectivity index (χ0v) is 12.6. The molecule has 0 bridgehead atoms. The number of hydrogen-bond acceptors (Lipinski definition) is 3. The van der Waals surface area contributed by atoms with E-state index in [1.54, 1.807) is 0 Å². The van der Waals surface area contributed by atoms with Gasteiger partial charge in [0.05, 0.1) is 5.69 Å². The van der Waals surface area contributed by atoms with Crippen LogP contribution < -0.4 is 5.32 Å². The van der Waals surface area contributed by atoms with Gasteiger partial charge in [0.2, 0.25) is 0 Å². The molecule has 1 aromatic heterocycles. The minimum atomic E-state index is 0.301. The number of aromatic nitrogens is 2. The Hall–Kier alpha value is -0.870. The average Bonchev–Trinajstić information content (AvgIpc) is 2.99. The number of aryl methyl sites for hydroxylation is 2. The SMILES string of the molecule is CCc1nn(C)cc1CN1CC2CNCC2C1(C)C. The molecule has 2 fully saturated rings. The molecule has 0 spiro atoms. The zero-order valence-electron chi connectivity index (χ0n) is 12.6. The lowest BCUT2D eigenvalue weighted by Gasteiger charge is -2.35. The lowest BCUT2D eigenvalue weighted by Crippen LogP contribution is -2.44. The molecule has 3 heterocycles. The van der Waals surface area contributed by atoms with Crippen molar-refractivity contribution in [3.8, 4) is 0 Å². The number of rotatable bonds is 3. The topological polar surface area (TPSA) is 33.1 Å². The Morgan fingerprint density at radius 3 is 2.89 bits per heavy atom. The van der Waals surface area contributed by atoms with Gasteiger partial charge in [-0.1, -0.05) is 6.92 Å². The summed E-state index contributed by atoms with van der Waals surface area (Å²) in [5.41, 5.74) is 2.97. The van der Waals surface area contributed by atoms with Crippen LogP contribution in [0.25, 0.3) is 0 Å². The molecule has 106 valence electrons. The molecule has 0 saturated carbocycles. The first kappa shape index (κ1) is 13.1. The maximum absolute atomic E-state index is 4.57. The van der Waals surface area contributed by atoms with Crippen molar-refractivity contribution in [1.82, 2.24) is 20.0 Å². The highest BCUT2D eigenvalue weighted by molar-refractivity contribution is 5.18. The summed E-state index contributed by atoms with van der Waals surface area (Å²) in [6.07, 6.45) is 3.22. The van der Waals surface area contributed by atoms with Crippen LogP contribution in [0.3, 0.4) is 0 Å². The fourth-order valence-corrected chi connectivity index (χ4v) is 3.99. The van der Waals surface area contributed by atoms with Crippen LogP contribution in [0, 0.1) is 11.8 Å². The fraction of sp³-hybridized carbons (Fsp3) is 0.800. The molecule has 4 nitrogen and oxygen atoms in total. The third-order valence-corrected chi connectivity index (χ3v) is 5.21. The highest BCUT2D eigenvalue weighted by Crippen LogP contribution is 2.41. The van der Waals surface area contributed by atoms with Gasteiger partial charge in [-0.25, -0.2) is 0 Å². The van der Waals surface area contributed by atoms with Crippen molar-refractivity contribution in [3.05, 3.63) is 17.5 Å². The Bertz CT molecular complexity index is 463. The highest BCUT2D eigenvalue weighted by atomic mass is 15.3. The van der Waals surface area contributed by atoms with Crippen molar-refractivity contribution in [2.75, 3.05) is 19.6 Å². The van der Waals surface area contributed by atoms with E-state index in [-0.39, 0.29) is 0 Å². The van der Waals surface area contributed by atoms with E-state index < -0.39 is 0 Å². The first-order valence-electron chi connectivity index (χ1n) is 7.49. The lowest BCUT2D eigenvalue weighted by atomic mass is 9.85. The van der Waals surface area contributed by atoms with Gasteiger partial charge in [-0.3, -0.25) is 9.58 Å². The maximum Gasteiger partial charge on any atom is 0.0666 e. The van der Waals surface area contributed by atoms with Crippen molar-refractivity contribution in [3.63, 3.8) is 0 Å². The van der Waals surface area contributed by atoms with Crippen molar-refractivity contribution in [1.29, 1.82) is 0 Å². The van der Waals surface area contributed by atoms with E-state index in [0.29, 0.717) is 5.54 Å². The van der Waals surface area contributed by atoms with Gasteiger partial charge in [0.15, 0.2) is 0 Å². The summed E-state index contributed by atoms with van der Waals surface area (Å²) < 4.78 is 1.96. The summed E-state index contributed by atoms with van der Waals surface area (Å²) in [5, 5.41) is 8.12. The number of fused-ring (bicyclic) bond motifs is 1. The second kappa shape index (κ2) is 4.60. The number of hydrogen-bond donors (Lipinski definition) is 1. The predicted octanol–water partition coefficient (Wildman–Crippen LogP) is 1.41. The van der Waals surface area contributed by atoms with Crippen LogP contribution in [0.4, 0.5) is 0 Å². The number of nitrogens with zero attached hydrogens (tertiary/aromatic N) is 3. The van der Waals surface area contributed by atoms with Gasteiger partial charge in [0, 0.05) is 44.0 Å². The van der Waals surface area contributed by atoms with Crippen LogP contribution in [-0.4, -0.2) is 39.9 Å². The Balaban J connectivity index is 1.80. The van der Waals surface area contributed by atoms with E-state index >= 15 is 0 Å². The van der Waals surface area contributed by atoms with Gasteiger partial charge in [-0.05, 0) is 38.6 Å². The third-order valence-electron chi connectivity index (χ3n) is 5.21. The summed E-state index contributed by atoms with van der Waals surface area (Å²) >= 11 is 0. The summed E-state index contributed by atoms with van der Waals surface area (Å²) in [4.78, 5) is 2.67. The molecule has 2 saturated heterocycles. The molecule has 1 aromatic rings. The molecule has 4 heteroatoms. The maximum atomic E-state index is 4.57. The zero-order chi connectivity index (χ0) is 13.6. The molecule has 2 unspecified atom stereocenters. The van der Waals surface area contributed by atoms with Crippen molar-refractivity contribution in [2.24, 2.45) is 18.9 Å². The number of nitrogens with one attached hydrogen (secondary N) is 1. The lowest BCUT2D eigenvalue weighted by molar-refractivity contribution is 0.131. The monoisotopic (exact) mass is 262 g/mol. The summed E-state index contributed by atoms with van der Waals surface area (Å²) in [5.74, 6) is 1.63. The first-order valence-corrected chi connectivity index (χ1v) is 7.49. The minimum absolute atomic E-state index is 0.301. The van der Waals surface area contributed by atoms with Gasteiger partial charge in [-0.15, -0.1) is 0 Å². The molecule has 2 atom stereocenters. The fourth-order valence-electron chi connectivity index (χ4n) is 3.99. The third kappa shape index (κ3) is 2.11. The van der Waals surface area contributed by atoms with E-state index in [1.807, 2.05) is 11.7 Å². The molecule has 0 radical (unpaired) electrons. The van der Waals surface area contributed by atoms with Gasteiger partial charge < -0.3 is 5.32 Å². The molecular weight excluding hydrogens is 236 g/mol.